The molecule has 2 aromatic heterocycles. The van der Waals surface area contributed by atoms with Gasteiger partial charge in [-0.15, -0.1) is 11.3 Å². The molecule has 0 fully saturated rings. The van der Waals surface area contributed by atoms with Crippen molar-refractivity contribution in [3.8, 4) is 0 Å². The first-order valence-corrected chi connectivity index (χ1v) is 7.40. The minimum Gasteiger partial charge on any atom is -0.383 e. The number of nitrogens with zero attached hydrogens (tertiary/aromatic N) is 1. The van der Waals surface area contributed by atoms with E-state index < -0.39 is 5.60 Å². The molecule has 1 atom stereocenters. The summed E-state index contributed by atoms with van der Waals surface area (Å²) in [5.41, 5.74) is -0.818. The smallest absolute Gasteiger partial charge is 0.251 e. The number of nitrogens with one attached hydrogen (secondary N) is 1. The van der Waals surface area contributed by atoms with Crippen LogP contribution in [0.4, 0.5) is 0 Å². The molecule has 2 aromatic rings. The van der Waals surface area contributed by atoms with Crippen LogP contribution in [-0.2, 0) is 5.60 Å². The summed E-state index contributed by atoms with van der Waals surface area (Å²) in [5, 5.41) is 15.1. The van der Waals surface area contributed by atoms with Gasteiger partial charge in [0.15, 0.2) is 0 Å². The van der Waals surface area contributed by atoms with Gasteiger partial charge in [0.1, 0.15) is 15.9 Å². The van der Waals surface area contributed by atoms with Crippen LogP contribution in [-0.4, -0.2) is 22.5 Å². The summed E-state index contributed by atoms with van der Waals surface area (Å²) in [6.07, 6.45) is 0. The number of aromatic nitrogens is 1. The van der Waals surface area contributed by atoms with Crippen LogP contribution >= 0.6 is 34.5 Å². The molecule has 7 heteroatoms. The molecule has 2 N–H and O–H groups in total. The fourth-order valence-electron chi connectivity index (χ4n) is 1.62. The Kier molecular flexibility index (Phi) is 4.65. The molecule has 1 unspecified atom stereocenters. The van der Waals surface area contributed by atoms with Gasteiger partial charge in [-0.3, -0.25) is 4.79 Å². The Bertz CT molecular complexity index is 595. The van der Waals surface area contributed by atoms with Crippen LogP contribution in [0.1, 0.15) is 22.2 Å². The predicted octanol–water partition coefficient (Wildman–Crippen LogP) is 3.09. The number of thiophene rings is 1. The van der Waals surface area contributed by atoms with E-state index in [1.54, 1.807) is 6.92 Å². The molecule has 0 aliphatic rings. The fourth-order valence-corrected chi connectivity index (χ4v) is 2.87. The van der Waals surface area contributed by atoms with Crippen LogP contribution in [0.25, 0.3) is 0 Å². The van der Waals surface area contributed by atoms with Crippen LogP contribution in [0.15, 0.2) is 29.6 Å². The van der Waals surface area contributed by atoms with Crippen LogP contribution in [0.2, 0.25) is 10.3 Å². The second kappa shape index (κ2) is 6.10. The molecule has 0 saturated heterocycles. The molecule has 0 aliphatic carbocycles. The third-order valence-corrected chi connectivity index (χ3v) is 4.18. The molecule has 2 rings (SSSR count). The number of amides is 1. The maximum absolute atomic E-state index is 12.0. The second-order valence-corrected chi connectivity index (χ2v) is 6.16. The van der Waals surface area contributed by atoms with Crippen LogP contribution < -0.4 is 5.32 Å². The lowest BCUT2D eigenvalue weighted by molar-refractivity contribution is 0.0557. The van der Waals surface area contributed by atoms with E-state index in [9.17, 15) is 9.90 Å². The highest BCUT2D eigenvalue weighted by molar-refractivity contribution is 7.10. The van der Waals surface area contributed by atoms with Crippen molar-refractivity contribution < 1.29 is 9.90 Å². The topological polar surface area (TPSA) is 62.2 Å². The fraction of sp³-hybridized carbons (Fsp3) is 0.231. The van der Waals surface area contributed by atoms with Gasteiger partial charge in [-0.25, -0.2) is 4.98 Å². The van der Waals surface area contributed by atoms with E-state index in [1.165, 1.54) is 23.5 Å². The van der Waals surface area contributed by atoms with Crippen LogP contribution in [0, 0.1) is 0 Å². The molecule has 0 bridgehead atoms. The van der Waals surface area contributed by atoms with Crippen molar-refractivity contribution in [2.45, 2.75) is 12.5 Å². The van der Waals surface area contributed by atoms with Gasteiger partial charge >= 0.3 is 0 Å². The molecule has 0 spiro atoms. The van der Waals surface area contributed by atoms with Crippen molar-refractivity contribution in [3.05, 3.63) is 50.4 Å². The SMILES string of the molecule is CC(O)(CNC(=O)c1cc(Cl)nc(Cl)c1)c1cccs1. The third-order valence-electron chi connectivity index (χ3n) is 2.67. The normalized spacial score (nSPS) is 13.8. The Labute approximate surface area is 130 Å². The summed E-state index contributed by atoms with van der Waals surface area (Å²) in [4.78, 5) is 16.6. The molecular weight excluding hydrogens is 319 g/mol. The largest absolute Gasteiger partial charge is 0.383 e. The van der Waals surface area contributed by atoms with E-state index in [2.05, 4.69) is 10.3 Å². The van der Waals surface area contributed by atoms with Gasteiger partial charge in [0.25, 0.3) is 5.91 Å². The summed E-state index contributed by atoms with van der Waals surface area (Å²) in [5.74, 6) is -0.368. The zero-order valence-corrected chi connectivity index (χ0v) is 12.9. The lowest BCUT2D eigenvalue weighted by atomic mass is 10.1. The third kappa shape index (κ3) is 3.70. The number of halogens is 2. The van der Waals surface area contributed by atoms with E-state index >= 15 is 0 Å². The highest BCUT2D eigenvalue weighted by Crippen LogP contribution is 2.24. The van der Waals surface area contributed by atoms with Crippen molar-refractivity contribution >= 4 is 40.4 Å². The first-order chi connectivity index (χ1) is 9.38. The van der Waals surface area contributed by atoms with Gasteiger partial charge in [-0.2, -0.15) is 0 Å². The van der Waals surface area contributed by atoms with Crippen molar-refractivity contribution in [3.63, 3.8) is 0 Å². The van der Waals surface area contributed by atoms with Gasteiger partial charge in [0.05, 0.1) is 6.54 Å². The van der Waals surface area contributed by atoms with E-state index in [0.29, 0.717) is 5.56 Å². The number of hydrogen-bond acceptors (Lipinski definition) is 4. The highest BCUT2D eigenvalue weighted by atomic mass is 35.5. The molecule has 20 heavy (non-hydrogen) atoms. The molecule has 1 amide bonds. The number of carbonyl (C=O) groups is 1. The van der Waals surface area contributed by atoms with Crippen molar-refractivity contribution in [1.29, 1.82) is 0 Å². The zero-order valence-electron chi connectivity index (χ0n) is 10.6. The van der Waals surface area contributed by atoms with Gasteiger partial charge in [-0.1, -0.05) is 29.3 Å². The number of hydrogen-bond donors (Lipinski definition) is 2. The van der Waals surface area contributed by atoms with E-state index in [-0.39, 0.29) is 22.8 Å². The predicted molar refractivity (Wildman–Crippen MR) is 80.5 cm³/mol. The summed E-state index contributed by atoms with van der Waals surface area (Å²) in [6, 6.07) is 6.50. The standard InChI is InChI=1S/C13H12Cl2N2O2S/c1-13(19,9-3-2-4-20-9)7-16-12(18)8-5-10(14)17-11(15)6-8/h2-6,19H,7H2,1H3,(H,16,18). The number of pyridine rings is 1. The van der Waals surface area contributed by atoms with Crippen molar-refractivity contribution in [2.24, 2.45) is 0 Å². The average molecular weight is 331 g/mol. The van der Waals surface area contributed by atoms with Crippen molar-refractivity contribution in [1.82, 2.24) is 10.3 Å². The molecule has 106 valence electrons. The van der Waals surface area contributed by atoms with Crippen LogP contribution in [0.3, 0.4) is 0 Å². The summed E-state index contributed by atoms with van der Waals surface area (Å²) in [7, 11) is 0. The Morgan fingerprint density at radius 2 is 2.10 bits per heavy atom. The molecule has 0 radical (unpaired) electrons. The number of aliphatic hydroxyl groups is 1. The number of rotatable bonds is 4. The van der Waals surface area contributed by atoms with Gasteiger partial charge in [0.2, 0.25) is 0 Å². The second-order valence-electron chi connectivity index (χ2n) is 4.44. The van der Waals surface area contributed by atoms with Gasteiger partial charge in [0, 0.05) is 10.4 Å². The lowest BCUT2D eigenvalue weighted by Crippen LogP contribution is -2.38. The molecule has 0 aliphatic heterocycles. The Hall–Kier alpha value is -1.14. The summed E-state index contributed by atoms with van der Waals surface area (Å²) in [6.45, 7) is 1.73. The first kappa shape index (κ1) is 15.3. The lowest BCUT2D eigenvalue weighted by Gasteiger charge is -2.22. The quantitative estimate of drug-likeness (QED) is 0.847. The molecule has 0 saturated carbocycles. The molecular formula is C13H12Cl2N2O2S. The van der Waals surface area contributed by atoms with E-state index in [0.717, 1.165) is 4.88 Å². The average Bonchev–Trinajstić information content (AvgIpc) is 2.89. The monoisotopic (exact) mass is 330 g/mol. The molecule has 0 aromatic carbocycles. The Morgan fingerprint density at radius 1 is 1.45 bits per heavy atom. The zero-order chi connectivity index (χ0) is 14.8. The summed E-state index contributed by atoms with van der Waals surface area (Å²) < 4.78 is 0. The van der Waals surface area contributed by atoms with Gasteiger partial charge in [-0.05, 0) is 30.5 Å². The minimum absolute atomic E-state index is 0.0872. The summed E-state index contributed by atoms with van der Waals surface area (Å²) >= 11 is 12.9. The molecule has 4 nitrogen and oxygen atoms in total. The highest BCUT2D eigenvalue weighted by Gasteiger charge is 2.25. The van der Waals surface area contributed by atoms with Gasteiger partial charge < -0.3 is 10.4 Å². The van der Waals surface area contributed by atoms with E-state index in [4.69, 9.17) is 23.2 Å². The minimum atomic E-state index is -1.12. The first-order valence-electron chi connectivity index (χ1n) is 5.76. The number of carbonyl (C=O) groups excluding carboxylic acids is 1. The molecule has 2 heterocycles. The van der Waals surface area contributed by atoms with Crippen LogP contribution in [0.5, 0.6) is 0 Å². The maximum Gasteiger partial charge on any atom is 0.251 e. The van der Waals surface area contributed by atoms with E-state index in [1.807, 2.05) is 17.5 Å². The maximum atomic E-state index is 12.0. The van der Waals surface area contributed by atoms with Crippen molar-refractivity contribution in [2.75, 3.05) is 6.54 Å². The Morgan fingerprint density at radius 3 is 2.65 bits per heavy atom. The Balaban J connectivity index is 2.05.